The number of nitrogens with zero attached hydrogens (tertiary/aromatic N) is 2. The minimum atomic E-state index is -0.0779. The molecule has 63 heavy (non-hydrogen) atoms. The maximum atomic E-state index is 7.13. The fourth-order valence-electron chi connectivity index (χ4n) is 14.8. The van der Waals surface area contributed by atoms with E-state index < -0.39 is 0 Å². The lowest BCUT2D eigenvalue weighted by Crippen LogP contribution is -2.64. The van der Waals surface area contributed by atoms with Gasteiger partial charge in [0, 0.05) is 64.3 Å². The van der Waals surface area contributed by atoms with E-state index in [0.717, 1.165) is 51.5 Å². The summed E-state index contributed by atoms with van der Waals surface area (Å²) in [6.07, 6.45) is 9.94. The lowest BCUT2D eigenvalue weighted by molar-refractivity contribution is 0.402. The molecule has 298 valence electrons. The van der Waals surface area contributed by atoms with Gasteiger partial charge in [0.2, 0.25) is 0 Å². The maximum Gasteiger partial charge on any atom is 0.260 e. The highest BCUT2D eigenvalue weighted by molar-refractivity contribution is 7.03. The lowest BCUT2D eigenvalue weighted by Gasteiger charge is -2.43. The van der Waals surface area contributed by atoms with Crippen molar-refractivity contribution in [2.45, 2.75) is 75.3 Å². The zero-order valence-electron chi connectivity index (χ0n) is 34.7. The summed E-state index contributed by atoms with van der Waals surface area (Å²) in [6, 6.07) is 44.0. The predicted molar refractivity (Wildman–Crippen MR) is 254 cm³/mol. The summed E-state index contributed by atoms with van der Waals surface area (Å²) >= 11 is 0. The van der Waals surface area contributed by atoms with E-state index in [-0.39, 0.29) is 20.1 Å². The maximum absolute atomic E-state index is 7.13. The Morgan fingerprint density at radius 3 is 1.32 bits per heavy atom. The summed E-state index contributed by atoms with van der Waals surface area (Å²) in [6.45, 7) is 0.0287. The van der Waals surface area contributed by atoms with Gasteiger partial charge in [0.1, 0.15) is 46.0 Å². The Labute approximate surface area is 367 Å². The van der Waals surface area contributed by atoms with Gasteiger partial charge in [-0.3, -0.25) is 0 Å². The fraction of sp³-hybridized carbons (Fsp3) is 0.222. The summed E-state index contributed by atoms with van der Waals surface area (Å²) in [4.78, 5) is 5.46. The number of para-hydroxylation sites is 2. The van der Waals surface area contributed by atoms with Crippen molar-refractivity contribution < 1.29 is 18.9 Å². The van der Waals surface area contributed by atoms with Gasteiger partial charge in [0.05, 0.1) is 0 Å². The van der Waals surface area contributed by atoms with Crippen LogP contribution in [0.4, 0.5) is 22.7 Å². The zero-order chi connectivity index (χ0) is 40.4. The highest BCUT2D eigenvalue weighted by Gasteiger charge is 2.54. The number of ether oxygens (including phenoxy) is 4. The van der Waals surface area contributed by atoms with Crippen molar-refractivity contribution in [1.82, 2.24) is 0 Å². The normalized spacial score (nSPS) is 22.8. The molecule has 4 atom stereocenters. The first-order valence-corrected chi connectivity index (χ1v) is 23.5. The lowest BCUT2D eigenvalue weighted by atomic mass is 9.30. The molecule has 0 saturated heterocycles. The molecule has 7 aromatic rings. The first kappa shape index (κ1) is 33.1. The van der Waals surface area contributed by atoms with Gasteiger partial charge >= 0.3 is 0 Å². The molecule has 0 N–H and O–H groups in total. The van der Waals surface area contributed by atoms with Crippen molar-refractivity contribution in [2.24, 2.45) is 0 Å². The molecule has 2 fully saturated rings. The Morgan fingerprint density at radius 1 is 0.365 bits per heavy atom. The molecule has 9 heteroatoms. The SMILES string of the molecule is c1ccc2c(c1)Oc1ccc3c4c1B2c1cc2c(cc1N4C1CCCCC31)Oc1cccc3c1B2c1cc2c(cc1O3)N1c3c(ccc4c3B2c2ccccc2O4)C2CCCCC21. The molecule has 0 bridgehead atoms. The van der Waals surface area contributed by atoms with E-state index in [1.165, 1.54) is 129 Å². The monoisotopic (exact) mass is 812 g/mol. The summed E-state index contributed by atoms with van der Waals surface area (Å²) in [7, 11) is 0. The molecule has 6 nitrogen and oxygen atoms in total. The third-order valence-electron chi connectivity index (χ3n) is 17.1. The van der Waals surface area contributed by atoms with Crippen molar-refractivity contribution >= 4 is 92.1 Å². The third kappa shape index (κ3) is 3.92. The standard InChI is InChI=1S/C54H39B3N2O4/c1-5-14-38-28(10-1)30-20-22-46-51-53(30)58(38)40-26-48-36(24-34(40)55(51)32-12-3-7-16-42(32)60-46)57-37-25-35-41(27-49(37)63-45-19-9-18-44(62-48)50(45)57)59-39-15-6-2-11-29(39)31-21-23-47-52(54(31)59)56(35)33-13-4-8-17-43(33)61-47/h3-4,7-9,12-13,16-29,38-39H,1-2,5-6,10-11,14-15H2. The molecule has 17 rings (SSSR count). The molecule has 7 aromatic carbocycles. The number of fused-ring (bicyclic) bond motifs is 20. The minimum absolute atomic E-state index is 0.0533. The molecule has 10 aliphatic rings. The molecule has 4 unspecified atom stereocenters. The van der Waals surface area contributed by atoms with Crippen LogP contribution in [-0.2, 0) is 0 Å². The summed E-state index contributed by atoms with van der Waals surface area (Å²) in [5, 5.41) is 0. The van der Waals surface area contributed by atoms with E-state index in [1.807, 2.05) is 0 Å². The smallest absolute Gasteiger partial charge is 0.260 e. The number of rotatable bonds is 0. The largest absolute Gasteiger partial charge is 0.458 e. The van der Waals surface area contributed by atoms with Crippen LogP contribution in [0.2, 0.25) is 0 Å². The van der Waals surface area contributed by atoms with Gasteiger partial charge in [-0.05, 0) is 117 Å². The number of hydrogen-bond donors (Lipinski definition) is 0. The Hall–Kier alpha value is -6.47. The second-order valence-electron chi connectivity index (χ2n) is 19.8. The molecule has 0 aromatic heterocycles. The van der Waals surface area contributed by atoms with Crippen molar-refractivity contribution in [3.8, 4) is 46.0 Å². The minimum Gasteiger partial charge on any atom is -0.458 e. The first-order chi connectivity index (χ1) is 31.2. The van der Waals surface area contributed by atoms with Crippen LogP contribution in [0.15, 0.2) is 115 Å². The van der Waals surface area contributed by atoms with Crippen LogP contribution in [0.25, 0.3) is 0 Å². The van der Waals surface area contributed by atoms with Gasteiger partial charge in [-0.25, -0.2) is 0 Å². The molecule has 2 saturated carbocycles. The van der Waals surface area contributed by atoms with Gasteiger partial charge in [0.25, 0.3) is 20.1 Å². The summed E-state index contributed by atoms with van der Waals surface area (Å²) < 4.78 is 27.9. The number of anilines is 4. The van der Waals surface area contributed by atoms with Crippen LogP contribution < -0.4 is 77.9 Å². The van der Waals surface area contributed by atoms with Gasteiger partial charge in [-0.15, -0.1) is 0 Å². The second-order valence-corrected chi connectivity index (χ2v) is 19.8. The van der Waals surface area contributed by atoms with Gasteiger partial charge in [-0.1, -0.05) is 92.4 Å². The van der Waals surface area contributed by atoms with E-state index in [0.29, 0.717) is 23.9 Å². The average Bonchev–Trinajstić information content (AvgIpc) is 3.86. The first-order valence-electron chi connectivity index (χ1n) is 23.5. The third-order valence-corrected chi connectivity index (χ3v) is 17.1. The van der Waals surface area contributed by atoms with Crippen LogP contribution in [0.5, 0.6) is 46.0 Å². The van der Waals surface area contributed by atoms with Crippen LogP contribution >= 0.6 is 0 Å². The van der Waals surface area contributed by atoms with Crippen LogP contribution in [0.3, 0.4) is 0 Å². The topological polar surface area (TPSA) is 43.4 Å². The molecular weight excluding hydrogens is 773 g/mol. The predicted octanol–water partition coefficient (Wildman–Crippen LogP) is 6.64. The molecule has 0 radical (unpaired) electrons. The molecule has 0 amide bonds. The van der Waals surface area contributed by atoms with Crippen LogP contribution in [0.1, 0.15) is 74.3 Å². The summed E-state index contributed by atoms with van der Waals surface area (Å²) in [5.74, 6) is 8.63. The molecular formula is C54H39B3N2O4. The van der Waals surface area contributed by atoms with Crippen molar-refractivity contribution in [3.05, 3.63) is 126 Å². The van der Waals surface area contributed by atoms with E-state index in [1.54, 1.807) is 0 Å². The van der Waals surface area contributed by atoms with Crippen LogP contribution in [-0.4, -0.2) is 32.2 Å². The van der Waals surface area contributed by atoms with E-state index >= 15 is 0 Å². The van der Waals surface area contributed by atoms with Gasteiger partial charge in [-0.2, -0.15) is 0 Å². The second kappa shape index (κ2) is 11.4. The fourth-order valence-corrected chi connectivity index (χ4v) is 14.8. The Kier molecular flexibility index (Phi) is 5.98. The molecule has 2 aliphatic carbocycles. The molecule has 0 spiro atoms. The number of benzene rings is 7. The van der Waals surface area contributed by atoms with Crippen LogP contribution in [0, 0.1) is 0 Å². The van der Waals surface area contributed by atoms with E-state index in [2.05, 4.69) is 125 Å². The average molecular weight is 812 g/mol. The highest BCUT2D eigenvalue weighted by atomic mass is 16.5. The molecule has 8 heterocycles. The summed E-state index contributed by atoms with van der Waals surface area (Å²) in [5.41, 5.74) is 19.8. The van der Waals surface area contributed by atoms with Gasteiger partial charge < -0.3 is 28.7 Å². The quantitative estimate of drug-likeness (QED) is 0.160. The highest BCUT2D eigenvalue weighted by Crippen LogP contribution is 2.56. The van der Waals surface area contributed by atoms with E-state index in [9.17, 15) is 0 Å². The zero-order valence-corrected chi connectivity index (χ0v) is 34.7. The van der Waals surface area contributed by atoms with E-state index in [4.69, 9.17) is 18.9 Å². The van der Waals surface area contributed by atoms with Crippen molar-refractivity contribution in [1.29, 1.82) is 0 Å². The van der Waals surface area contributed by atoms with Crippen molar-refractivity contribution in [2.75, 3.05) is 9.80 Å². The van der Waals surface area contributed by atoms with Crippen molar-refractivity contribution in [3.63, 3.8) is 0 Å². The number of hydrogen-bond acceptors (Lipinski definition) is 6. The molecule has 8 aliphatic heterocycles. The van der Waals surface area contributed by atoms with Gasteiger partial charge in [0.15, 0.2) is 0 Å². The Morgan fingerprint density at radius 2 is 0.794 bits per heavy atom. The Balaban J connectivity index is 0.922. The Bertz CT molecular complexity index is 3100.